The number of thiophene rings is 1. The SMILES string of the molecule is O=C(c1ccc(Cl)s1)N1CCC(c2ccc3c(c2)CCO3)C1. The molecule has 0 aliphatic carbocycles. The second-order valence-electron chi connectivity index (χ2n) is 5.81. The van der Waals surface area contributed by atoms with Gasteiger partial charge in [-0.2, -0.15) is 0 Å². The molecule has 0 bridgehead atoms. The van der Waals surface area contributed by atoms with Crippen LogP contribution < -0.4 is 4.74 Å². The third kappa shape index (κ3) is 2.50. The lowest BCUT2D eigenvalue weighted by Crippen LogP contribution is -2.27. The number of carbonyl (C=O) groups excluding carboxylic acids is 1. The molecule has 0 radical (unpaired) electrons. The molecule has 2 aromatic rings. The number of halogens is 1. The minimum Gasteiger partial charge on any atom is -0.493 e. The Morgan fingerprint density at radius 3 is 3.05 bits per heavy atom. The highest BCUT2D eigenvalue weighted by atomic mass is 35.5. The molecule has 1 fully saturated rings. The van der Waals surface area contributed by atoms with E-state index in [0.29, 0.717) is 10.3 Å². The smallest absolute Gasteiger partial charge is 0.263 e. The molecule has 5 heteroatoms. The molecular formula is C17H16ClNO2S. The van der Waals surface area contributed by atoms with Gasteiger partial charge in [-0.15, -0.1) is 11.3 Å². The summed E-state index contributed by atoms with van der Waals surface area (Å²) in [6, 6.07) is 10.1. The zero-order chi connectivity index (χ0) is 15.1. The van der Waals surface area contributed by atoms with E-state index in [9.17, 15) is 4.79 Å². The Bertz CT molecular complexity index is 727. The molecule has 0 N–H and O–H groups in total. The summed E-state index contributed by atoms with van der Waals surface area (Å²) >= 11 is 7.28. The van der Waals surface area contributed by atoms with E-state index in [0.717, 1.165) is 43.2 Å². The predicted molar refractivity (Wildman–Crippen MR) is 88.2 cm³/mol. The first kappa shape index (κ1) is 14.1. The van der Waals surface area contributed by atoms with Crippen LogP contribution in [0.15, 0.2) is 30.3 Å². The molecule has 1 atom stereocenters. The van der Waals surface area contributed by atoms with E-state index in [1.807, 2.05) is 11.0 Å². The number of likely N-dealkylation sites (tertiary alicyclic amines) is 1. The van der Waals surface area contributed by atoms with Crippen molar-refractivity contribution in [2.45, 2.75) is 18.8 Å². The van der Waals surface area contributed by atoms with Crippen LogP contribution >= 0.6 is 22.9 Å². The third-order valence-corrected chi connectivity index (χ3v) is 5.66. The normalized spacial score (nSPS) is 20.0. The molecular weight excluding hydrogens is 318 g/mol. The van der Waals surface area contributed by atoms with Crippen LogP contribution in [-0.4, -0.2) is 30.5 Å². The molecule has 2 aliphatic heterocycles. The van der Waals surface area contributed by atoms with Crippen molar-refractivity contribution in [3.63, 3.8) is 0 Å². The zero-order valence-corrected chi connectivity index (χ0v) is 13.6. The number of fused-ring (bicyclic) bond motifs is 1. The van der Waals surface area contributed by atoms with E-state index in [1.165, 1.54) is 22.5 Å². The number of hydrogen-bond donors (Lipinski definition) is 0. The molecule has 1 aromatic carbocycles. The summed E-state index contributed by atoms with van der Waals surface area (Å²) in [7, 11) is 0. The van der Waals surface area contributed by atoms with Gasteiger partial charge in [-0.05, 0) is 35.7 Å². The van der Waals surface area contributed by atoms with Crippen molar-refractivity contribution in [1.29, 1.82) is 0 Å². The topological polar surface area (TPSA) is 29.5 Å². The summed E-state index contributed by atoms with van der Waals surface area (Å²) in [5.74, 6) is 1.54. The summed E-state index contributed by atoms with van der Waals surface area (Å²) in [6.07, 6.45) is 2.01. The van der Waals surface area contributed by atoms with E-state index < -0.39 is 0 Å². The van der Waals surface area contributed by atoms with Crippen LogP contribution in [0.25, 0.3) is 0 Å². The Balaban J connectivity index is 1.49. The van der Waals surface area contributed by atoms with E-state index in [-0.39, 0.29) is 5.91 Å². The van der Waals surface area contributed by atoms with Gasteiger partial charge in [-0.1, -0.05) is 23.7 Å². The van der Waals surface area contributed by atoms with E-state index in [4.69, 9.17) is 16.3 Å². The monoisotopic (exact) mass is 333 g/mol. The van der Waals surface area contributed by atoms with Gasteiger partial charge in [0.15, 0.2) is 0 Å². The van der Waals surface area contributed by atoms with Gasteiger partial charge in [0.05, 0.1) is 15.8 Å². The van der Waals surface area contributed by atoms with Gasteiger partial charge in [0, 0.05) is 25.4 Å². The van der Waals surface area contributed by atoms with E-state index in [2.05, 4.69) is 18.2 Å². The van der Waals surface area contributed by atoms with Crippen molar-refractivity contribution in [2.75, 3.05) is 19.7 Å². The number of carbonyl (C=O) groups is 1. The van der Waals surface area contributed by atoms with Gasteiger partial charge in [-0.25, -0.2) is 0 Å². The van der Waals surface area contributed by atoms with Crippen LogP contribution in [0.4, 0.5) is 0 Å². The molecule has 22 heavy (non-hydrogen) atoms. The molecule has 114 valence electrons. The second kappa shape index (κ2) is 5.60. The summed E-state index contributed by atoms with van der Waals surface area (Å²) in [6.45, 7) is 2.38. The molecule has 1 aromatic heterocycles. The first-order valence-electron chi connectivity index (χ1n) is 7.51. The van der Waals surface area contributed by atoms with E-state index in [1.54, 1.807) is 6.07 Å². The predicted octanol–water partition coefficient (Wildman–Crippen LogP) is 3.97. The van der Waals surface area contributed by atoms with Crippen LogP contribution in [0, 0.1) is 0 Å². The van der Waals surface area contributed by atoms with Crippen molar-refractivity contribution < 1.29 is 9.53 Å². The number of amides is 1. The molecule has 1 saturated heterocycles. The first-order chi connectivity index (χ1) is 10.7. The molecule has 3 heterocycles. The van der Waals surface area contributed by atoms with Gasteiger partial charge in [0.1, 0.15) is 5.75 Å². The van der Waals surface area contributed by atoms with Crippen molar-refractivity contribution in [3.05, 3.63) is 50.7 Å². The number of benzene rings is 1. The molecule has 1 unspecified atom stereocenters. The average Bonchev–Trinajstić information content (AvgIpc) is 3.25. The summed E-state index contributed by atoms with van der Waals surface area (Å²) in [5.41, 5.74) is 2.62. The fourth-order valence-electron chi connectivity index (χ4n) is 3.26. The van der Waals surface area contributed by atoms with Gasteiger partial charge in [0.2, 0.25) is 0 Å². The fraction of sp³-hybridized carbons (Fsp3) is 0.353. The zero-order valence-electron chi connectivity index (χ0n) is 12.0. The largest absolute Gasteiger partial charge is 0.493 e. The lowest BCUT2D eigenvalue weighted by molar-refractivity contribution is 0.0795. The quantitative estimate of drug-likeness (QED) is 0.832. The first-order valence-corrected chi connectivity index (χ1v) is 8.70. The lowest BCUT2D eigenvalue weighted by Gasteiger charge is -2.16. The Morgan fingerprint density at radius 1 is 1.32 bits per heavy atom. The van der Waals surface area contributed by atoms with Crippen molar-refractivity contribution >= 4 is 28.8 Å². The van der Waals surface area contributed by atoms with Crippen molar-refractivity contribution in [2.24, 2.45) is 0 Å². The molecule has 1 amide bonds. The number of hydrogen-bond acceptors (Lipinski definition) is 3. The average molecular weight is 334 g/mol. The fourth-order valence-corrected chi connectivity index (χ4v) is 4.27. The maximum atomic E-state index is 12.5. The summed E-state index contributed by atoms with van der Waals surface area (Å²) in [5, 5.41) is 0. The summed E-state index contributed by atoms with van der Waals surface area (Å²) < 4.78 is 6.22. The highest BCUT2D eigenvalue weighted by Crippen LogP contribution is 2.34. The maximum Gasteiger partial charge on any atom is 0.263 e. The van der Waals surface area contributed by atoms with Gasteiger partial charge >= 0.3 is 0 Å². The Kier molecular flexibility index (Phi) is 3.59. The highest BCUT2D eigenvalue weighted by Gasteiger charge is 2.29. The second-order valence-corrected chi connectivity index (χ2v) is 7.52. The lowest BCUT2D eigenvalue weighted by atomic mass is 9.96. The minimum absolute atomic E-state index is 0.101. The molecule has 2 aliphatic rings. The van der Waals surface area contributed by atoms with Crippen LogP contribution in [0.3, 0.4) is 0 Å². The minimum atomic E-state index is 0.101. The van der Waals surface area contributed by atoms with Crippen molar-refractivity contribution in [1.82, 2.24) is 4.90 Å². The van der Waals surface area contributed by atoms with Gasteiger partial charge in [0.25, 0.3) is 5.91 Å². The van der Waals surface area contributed by atoms with E-state index >= 15 is 0 Å². The molecule has 0 spiro atoms. The van der Waals surface area contributed by atoms with Crippen LogP contribution in [0.2, 0.25) is 4.34 Å². The number of ether oxygens (including phenoxy) is 1. The third-order valence-electron chi connectivity index (χ3n) is 4.44. The highest BCUT2D eigenvalue weighted by molar-refractivity contribution is 7.17. The Hall–Kier alpha value is -1.52. The molecule has 3 nitrogen and oxygen atoms in total. The van der Waals surface area contributed by atoms with Crippen LogP contribution in [-0.2, 0) is 6.42 Å². The summed E-state index contributed by atoms with van der Waals surface area (Å²) in [4.78, 5) is 15.2. The van der Waals surface area contributed by atoms with Crippen LogP contribution in [0.1, 0.15) is 33.1 Å². The van der Waals surface area contributed by atoms with Gasteiger partial charge in [-0.3, -0.25) is 4.79 Å². The van der Waals surface area contributed by atoms with Crippen LogP contribution in [0.5, 0.6) is 5.75 Å². The maximum absolute atomic E-state index is 12.5. The molecule has 0 saturated carbocycles. The molecule has 4 rings (SSSR count). The number of rotatable bonds is 2. The van der Waals surface area contributed by atoms with Gasteiger partial charge < -0.3 is 9.64 Å². The standard InChI is InChI=1S/C17H16ClNO2S/c18-16-4-3-15(22-16)17(20)19-7-5-13(10-19)11-1-2-14-12(9-11)6-8-21-14/h1-4,9,13H,5-8,10H2. The Labute approximate surface area is 138 Å². The van der Waals surface area contributed by atoms with Crippen molar-refractivity contribution in [3.8, 4) is 5.75 Å². The Morgan fingerprint density at radius 2 is 2.23 bits per heavy atom. The number of nitrogens with zero attached hydrogens (tertiary/aromatic N) is 1.